The van der Waals surface area contributed by atoms with Crippen molar-refractivity contribution >= 4 is 46.6 Å². The third-order valence-corrected chi connectivity index (χ3v) is 2.34. The monoisotopic (exact) mass is 328 g/mol. The van der Waals surface area contributed by atoms with E-state index in [0.29, 0.717) is 3.57 Å². The van der Waals surface area contributed by atoms with Gasteiger partial charge in [-0.05, 0) is 34.7 Å². The first-order valence-electron chi connectivity index (χ1n) is 3.26. The molecule has 0 unspecified atom stereocenters. The number of nitro benzene ring substituents is 1. The molecule has 1 aromatic rings. The molecule has 0 saturated carbocycles. The molecule has 1 amide bonds. The van der Waals surface area contributed by atoms with Crippen LogP contribution in [-0.2, 0) is 0 Å². The van der Waals surface area contributed by atoms with Gasteiger partial charge in [0.05, 0.1) is 8.49 Å². The molecule has 0 fully saturated rings. The number of hydrogen-bond acceptors (Lipinski definition) is 3. The lowest BCUT2D eigenvalue weighted by molar-refractivity contribution is -0.385. The van der Waals surface area contributed by atoms with E-state index in [9.17, 15) is 14.9 Å². The van der Waals surface area contributed by atoms with Crippen LogP contribution in [0.3, 0.4) is 0 Å². The van der Waals surface area contributed by atoms with Gasteiger partial charge in [-0.2, -0.15) is 0 Å². The van der Waals surface area contributed by atoms with Gasteiger partial charge in [-0.1, -0.05) is 0 Å². The quantitative estimate of drug-likeness (QED) is 0.509. The molecule has 0 aliphatic rings. The van der Waals surface area contributed by atoms with Gasteiger partial charge in [-0.25, -0.2) is 0 Å². The highest BCUT2D eigenvalue weighted by Crippen LogP contribution is 2.21. The minimum atomic E-state index is -0.667. The first-order valence-corrected chi connectivity index (χ1v) is 4.34. The Morgan fingerprint density at radius 3 is 2.50 bits per heavy atom. The number of nitro groups is 1. The molecule has 0 radical (unpaired) electrons. The number of halogens is 2. The van der Waals surface area contributed by atoms with Crippen LogP contribution in [0.1, 0.15) is 10.4 Å². The number of hydrogen-bond donors (Lipinski definition) is 1. The van der Waals surface area contributed by atoms with Crippen molar-refractivity contribution in [3.05, 3.63) is 37.4 Å². The summed E-state index contributed by atoms with van der Waals surface area (Å²) in [4.78, 5) is 20.6. The zero-order valence-corrected chi connectivity index (χ0v) is 9.74. The molecule has 76 valence electrons. The summed E-state index contributed by atoms with van der Waals surface area (Å²) in [5.41, 5.74) is 5.01. The van der Waals surface area contributed by atoms with Crippen molar-refractivity contribution in [3.63, 3.8) is 0 Å². The van der Waals surface area contributed by atoms with Crippen molar-refractivity contribution in [1.82, 2.24) is 0 Å². The van der Waals surface area contributed by atoms with E-state index >= 15 is 0 Å². The Morgan fingerprint density at radius 2 is 2.07 bits per heavy atom. The van der Waals surface area contributed by atoms with E-state index < -0.39 is 10.8 Å². The summed E-state index contributed by atoms with van der Waals surface area (Å²) >= 11 is 1.82. The molecule has 0 bridgehead atoms. The average molecular weight is 328 g/mol. The van der Waals surface area contributed by atoms with Crippen LogP contribution in [-0.4, -0.2) is 10.8 Å². The van der Waals surface area contributed by atoms with Crippen LogP contribution in [0.25, 0.3) is 0 Å². The minimum absolute atomic E-state index is 0. The van der Waals surface area contributed by atoms with Crippen LogP contribution in [0.5, 0.6) is 0 Å². The maximum absolute atomic E-state index is 10.7. The highest BCUT2D eigenvalue weighted by atomic mass is 127. The second-order valence-electron chi connectivity index (χ2n) is 2.29. The fraction of sp³-hybridized carbons (Fsp3) is 0. The first kappa shape index (κ1) is 13.1. The Kier molecular flexibility index (Phi) is 4.78. The van der Waals surface area contributed by atoms with E-state index in [4.69, 9.17) is 5.73 Å². The molecule has 0 heterocycles. The van der Waals surface area contributed by atoms with Gasteiger partial charge in [-0.15, -0.1) is 12.4 Å². The third kappa shape index (κ3) is 2.81. The third-order valence-electron chi connectivity index (χ3n) is 1.43. The lowest BCUT2D eigenvalue weighted by atomic mass is 10.2. The highest BCUT2D eigenvalue weighted by molar-refractivity contribution is 14.1. The number of carbonyl (C=O) groups is 1. The Labute approximate surface area is 99.4 Å². The Hall–Kier alpha value is -0.890. The van der Waals surface area contributed by atoms with Crippen LogP contribution in [0, 0.1) is 13.7 Å². The largest absolute Gasteiger partial charge is 0.366 e. The fourth-order valence-corrected chi connectivity index (χ4v) is 1.34. The number of nitrogens with zero attached hydrogens (tertiary/aromatic N) is 1. The Bertz CT molecular complexity index is 383. The molecule has 7 heteroatoms. The second kappa shape index (κ2) is 5.11. The number of rotatable bonds is 2. The molecule has 0 atom stereocenters. The summed E-state index contributed by atoms with van der Waals surface area (Å²) in [6.07, 6.45) is 0. The summed E-state index contributed by atoms with van der Waals surface area (Å²) < 4.78 is 0.479. The van der Waals surface area contributed by atoms with E-state index in [1.54, 1.807) is 0 Å². The number of amides is 1. The predicted octanol–water partition coefficient (Wildman–Crippen LogP) is 1.72. The highest BCUT2D eigenvalue weighted by Gasteiger charge is 2.13. The SMILES string of the molecule is Cl.NC(=O)c1ccc(I)c([N+](=O)[O-])c1. The molecular weight excluding hydrogens is 322 g/mol. The lowest BCUT2D eigenvalue weighted by Gasteiger charge is -1.97. The minimum Gasteiger partial charge on any atom is -0.366 e. The maximum atomic E-state index is 10.7. The standard InChI is InChI=1S/C7H5IN2O3.ClH/c8-5-2-1-4(7(9)11)3-6(5)10(12)13;/h1-3H,(H2,9,11);1H. The van der Waals surface area contributed by atoms with Crippen molar-refractivity contribution in [1.29, 1.82) is 0 Å². The second-order valence-corrected chi connectivity index (χ2v) is 3.45. The zero-order valence-electron chi connectivity index (χ0n) is 6.77. The summed E-state index contributed by atoms with van der Waals surface area (Å²) in [5.74, 6) is -0.667. The van der Waals surface area contributed by atoms with E-state index in [0.717, 1.165) is 0 Å². The van der Waals surface area contributed by atoms with Gasteiger partial charge < -0.3 is 5.73 Å². The van der Waals surface area contributed by atoms with Gasteiger partial charge in [0, 0.05) is 11.6 Å². The lowest BCUT2D eigenvalue weighted by Crippen LogP contribution is -2.11. The normalized spacial score (nSPS) is 8.93. The number of carbonyl (C=O) groups excluding carboxylic acids is 1. The summed E-state index contributed by atoms with van der Waals surface area (Å²) in [6, 6.07) is 4.11. The van der Waals surface area contributed by atoms with Crippen molar-refractivity contribution < 1.29 is 9.72 Å². The van der Waals surface area contributed by atoms with Crippen LogP contribution < -0.4 is 5.73 Å². The molecule has 1 rings (SSSR count). The van der Waals surface area contributed by atoms with Crippen molar-refractivity contribution in [2.75, 3.05) is 0 Å². The molecular formula is C7H6ClIN2O3. The molecule has 14 heavy (non-hydrogen) atoms. The molecule has 0 aliphatic heterocycles. The topological polar surface area (TPSA) is 86.2 Å². The molecule has 2 N–H and O–H groups in total. The van der Waals surface area contributed by atoms with Gasteiger partial charge in [0.25, 0.3) is 5.69 Å². The van der Waals surface area contributed by atoms with E-state index in [1.165, 1.54) is 18.2 Å². The van der Waals surface area contributed by atoms with E-state index in [-0.39, 0.29) is 23.7 Å². The molecule has 0 aliphatic carbocycles. The van der Waals surface area contributed by atoms with Crippen LogP contribution in [0.15, 0.2) is 18.2 Å². The van der Waals surface area contributed by atoms with Crippen molar-refractivity contribution in [2.24, 2.45) is 5.73 Å². The van der Waals surface area contributed by atoms with Crippen LogP contribution >= 0.6 is 35.0 Å². The van der Waals surface area contributed by atoms with Crippen molar-refractivity contribution in [3.8, 4) is 0 Å². The predicted molar refractivity (Wildman–Crippen MR) is 61.6 cm³/mol. The first-order chi connectivity index (χ1) is 6.02. The van der Waals surface area contributed by atoms with E-state index in [2.05, 4.69) is 0 Å². The summed E-state index contributed by atoms with van der Waals surface area (Å²) in [6.45, 7) is 0. The van der Waals surface area contributed by atoms with Crippen molar-refractivity contribution in [2.45, 2.75) is 0 Å². The smallest absolute Gasteiger partial charge is 0.283 e. The Morgan fingerprint density at radius 1 is 1.50 bits per heavy atom. The molecule has 5 nitrogen and oxygen atoms in total. The molecule has 1 aromatic carbocycles. The molecule has 0 saturated heterocycles. The summed E-state index contributed by atoms with van der Waals surface area (Å²) in [7, 11) is 0. The van der Waals surface area contributed by atoms with Crippen LogP contribution in [0.2, 0.25) is 0 Å². The van der Waals surface area contributed by atoms with Gasteiger partial charge in [0.1, 0.15) is 0 Å². The summed E-state index contributed by atoms with van der Waals surface area (Å²) in [5, 5.41) is 10.4. The molecule has 0 aromatic heterocycles. The number of nitrogens with two attached hydrogens (primary N) is 1. The van der Waals surface area contributed by atoms with Gasteiger partial charge in [0.15, 0.2) is 0 Å². The van der Waals surface area contributed by atoms with Crippen LogP contribution in [0.4, 0.5) is 5.69 Å². The van der Waals surface area contributed by atoms with Gasteiger partial charge in [-0.3, -0.25) is 14.9 Å². The van der Waals surface area contributed by atoms with E-state index in [1.807, 2.05) is 22.6 Å². The number of benzene rings is 1. The van der Waals surface area contributed by atoms with Gasteiger partial charge >= 0.3 is 0 Å². The average Bonchev–Trinajstić information content (AvgIpc) is 2.04. The van der Waals surface area contributed by atoms with Gasteiger partial charge in [0.2, 0.25) is 5.91 Å². The zero-order chi connectivity index (χ0) is 10.0. The Balaban J connectivity index is 0.00000169. The number of primary amides is 1. The fourth-order valence-electron chi connectivity index (χ4n) is 0.806. The molecule has 0 spiro atoms. The maximum Gasteiger partial charge on any atom is 0.283 e.